The van der Waals surface area contributed by atoms with E-state index in [1.165, 1.54) is 6.08 Å². The van der Waals surface area contributed by atoms with Gasteiger partial charge in [0.2, 0.25) is 5.91 Å². The molecule has 1 aromatic carbocycles. The Kier molecular flexibility index (Phi) is 5.45. The van der Waals surface area contributed by atoms with Crippen LogP contribution in [0.4, 0.5) is 14.6 Å². The van der Waals surface area contributed by atoms with Crippen molar-refractivity contribution >= 4 is 29.6 Å². The van der Waals surface area contributed by atoms with Crippen LogP contribution in [0.15, 0.2) is 59.6 Å². The van der Waals surface area contributed by atoms with Gasteiger partial charge in [-0.05, 0) is 35.9 Å². The lowest BCUT2D eigenvalue weighted by atomic mass is 10.2. The van der Waals surface area contributed by atoms with Gasteiger partial charge < -0.3 is 5.32 Å². The predicted octanol–water partition coefficient (Wildman–Crippen LogP) is 4.05. The maximum Gasteiger partial charge on any atom is 0.288 e. The number of nitrogens with zero attached hydrogens (tertiary/aromatic N) is 1. The second-order valence-electron chi connectivity index (χ2n) is 3.99. The molecular formula is C15H12F2N2OS. The third-order valence-electron chi connectivity index (χ3n) is 2.45. The standard InChI is InChI=1S/C15H12F2N2OS/c16-15(17)21-12-7-4-11(5-8-12)6-9-14(20)19-13-3-1-2-10-18-13/h1-10,15H,(H,18,19,20)/b9-6+. The van der Waals surface area contributed by atoms with Gasteiger partial charge in [0.15, 0.2) is 0 Å². The fourth-order valence-corrected chi connectivity index (χ4v) is 2.04. The minimum absolute atomic E-state index is 0.306. The van der Waals surface area contributed by atoms with Crippen LogP contribution in [0, 0.1) is 0 Å². The van der Waals surface area contributed by atoms with Gasteiger partial charge in [0.05, 0.1) is 0 Å². The first kappa shape index (κ1) is 15.2. The number of carbonyl (C=O) groups is 1. The lowest BCUT2D eigenvalue weighted by Gasteiger charge is -2.01. The number of aromatic nitrogens is 1. The summed E-state index contributed by atoms with van der Waals surface area (Å²) in [5, 5.41) is 2.61. The Hall–Kier alpha value is -2.21. The number of anilines is 1. The van der Waals surface area contributed by atoms with Crippen LogP contribution in [0.25, 0.3) is 6.08 Å². The summed E-state index contributed by atoms with van der Waals surface area (Å²) in [4.78, 5) is 16.1. The first-order valence-corrected chi connectivity index (χ1v) is 6.96. The second-order valence-corrected chi connectivity index (χ2v) is 5.05. The van der Waals surface area contributed by atoms with E-state index >= 15 is 0 Å². The quantitative estimate of drug-likeness (QED) is 0.669. The summed E-state index contributed by atoms with van der Waals surface area (Å²) >= 11 is 0.488. The lowest BCUT2D eigenvalue weighted by Crippen LogP contribution is -2.08. The van der Waals surface area contributed by atoms with Crippen molar-refractivity contribution in [3.63, 3.8) is 0 Å². The maximum atomic E-state index is 12.2. The van der Waals surface area contributed by atoms with Gasteiger partial charge in [-0.3, -0.25) is 4.79 Å². The van der Waals surface area contributed by atoms with Crippen molar-refractivity contribution in [1.29, 1.82) is 0 Å². The minimum atomic E-state index is -2.43. The molecule has 108 valence electrons. The molecule has 0 saturated heterocycles. The van der Waals surface area contributed by atoms with E-state index < -0.39 is 5.76 Å². The van der Waals surface area contributed by atoms with Crippen molar-refractivity contribution in [3.8, 4) is 0 Å². The molecule has 1 heterocycles. The van der Waals surface area contributed by atoms with Crippen LogP contribution in [0.3, 0.4) is 0 Å². The van der Waals surface area contributed by atoms with E-state index in [2.05, 4.69) is 10.3 Å². The number of hydrogen-bond donors (Lipinski definition) is 1. The molecule has 0 bridgehead atoms. The Morgan fingerprint density at radius 1 is 1.19 bits per heavy atom. The number of hydrogen-bond acceptors (Lipinski definition) is 3. The minimum Gasteiger partial charge on any atom is -0.307 e. The van der Waals surface area contributed by atoms with Gasteiger partial charge in [-0.1, -0.05) is 30.0 Å². The molecule has 0 aliphatic carbocycles. The zero-order valence-electron chi connectivity index (χ0n) is 10.9. The van der Waals surface area contributed by atoms with Crippen LogP contribution in [0.1, 0.15) is 5.56 Å². The Morgan fingerprint density at radius 2 is 1.95 bits per heavy atom. The van der Waals surface area contributed by atoms with Crippen molar-refractivity contribution < 1.29 is 13.6 Å². The smallest absolute Gasteiger partial charge is 0.288 e. The summed E-state index contributed by atoms with van der Waals surface area (Å²) in [6.45, 7) is 0. The van der Waals surface area contributed by atoms with Crippen molar-refractivity contribution in [2.45, 2.75) is 10.7 Å². The summed E-state index contributed by atoms with van der Waals surface area (Å²) in [5.41, 5.74) is 0.754. The van der Waals surface area contributed by atoms with Crippen LogP contribution in [-0.4, -0.2) is 16.6 Å². The highest BCUT2D eigenvalue weighted by Crippen LogP contribution is 2.25. The Balaban J connectivity index is 1.93. The molecule has 1 amide bonds. The molecule has 1 N–H and O–H groups in total. The SMILES string of the molecule is O=C(/C=C/c1ccc(SC(F)F)cc1)Nc1ccccn1. The highest BCUT2D eigenvalue weighted by atomic mass is 32.2. The maximum absolute atomic E-state index is 12.2. The molecule has 2 aromatic rings. The molecule has 0 atom stereocenters. The second kappa shape index (κ2) is 7.54. The lowest BCUT2D eigenvalue weighted by molar-refractivity contribution is -0.111. The zero-order valence-corrected chi connectivity index (χ0v) is 11.7. The molecule has 0 radical (unpaired) electrons. The van der Waals surface area contributed by atoms with Crippen LogP contribution in [-0.2, 0) is 4.79 Å². The predicted molar refractivity (Wildman–Crippen MR) is 80.2 cm³/mol. The summed E-state index contributed by atoms with van der Waals surface area (Å²) in [6.07, 6.45) is 4.55. The number of amides is 1. The van der Waals surface area contributed by atoms with Crippen molar-refractivity contribution in [2.75, 3.05) is 5.32 Å². The van der Waals surface area contributed by atoms with Crippen LogP contribution >= 0.6 is 11.8 Å². The fraction of sp³-hybridized carbons (Fsp3) is 0.0667. The van der Waals surface area contributed by atoms with E-state index in [9.17, 15) is 13.6 Å². The normalized spacial score (nSPS) is 11.0. The summed E-state index contributed by atoms with van der Waals surface area (Å²) < 4.78 is 24.3. The average Bonchev–Trinajstić information content (AvgIpc) is 2.47. The molecule has 0 aliphatic rings. The molecule has 1 aromatic heterocycles. The Bertz CT molecular complexity index is 615. The molecule has 0 unspecified atom stereocenters. The van der Waals surface area contributed by atoms with E-state index in [1.807, 2.05) is 0 Å². The highest BCUT2D eigenvalue weighted by molar-refractivity contribution is 7.99. The van der Waals surface area contributed by atoms with Crippen molar-refractivity contribution in [2.24, 2.45) is 0 Å². The molecule has 21 heavy (non-hydrogen) atoms. The van der Waals surface area contributed by atoms with Gasteiger partial charge in [0.25, 0.3) is 5.76 Å². The van der Waals surface area contributed by atoms with Gasteiger partial charge in [-0.15, -0.1) is 0 Å². The molecule has 0 aliphatic heterocycles. The monoisotopic (exact) mass is 306 g/mol. The molecule has 2 rings (SSSR count). The van der Waals surface area contributed by atoms with Gasteiger partial charge >= 0.3 is 0 Å². The topological polar surface area (TPSA) is 42.0 Å². The van der Waals surface area contributed by atoms with E-state index in [-0.39, 0.29) is 5.91 Å². The number of rotatable bonds is 5. The molecule has 0 fully saturated rings. The first-order chi connectivity index (χ1) is 10.1. The largest absolute Gasteiger partial charge is 0.307 e. The van der Waals surface area contributed by atoms with Gasteiger partial charge in [0, 0.05) is 17.2 Å². The van der Waals surface area contributed by atoms with Crippen LogP contribution in [0.2, 0.25) is 0 Å². The van der Waals surface area contributed by atoms with E-state index in [4.69, 9.17) is 0 Å². The Labute approximate surface area is 125 Å². The molecule has 3 nitrogen and oxygen atoms in total. The summed E-state index contributed by atoms with van der Waals surface area (Å²) in [6, 6.07) is 11.7. The number of nitrogens with one attached hydrogen (secondary N) is 1. The van der Waals surface area contributed by atoms with Crippen LogP contribution < -0.4 is 5.32 Å². The number of halogens is 2. The third-order valence-corrected chi connectivity index (χ3v) is 3.17. The number of alkyl halides is 2. The van der Waals surface area contributed by atoms with E-state index in [0.717, 1.165) is 5.56 Å². The first-order valence-electron chi connectivity index (χ1n) is 6.08. The number of thioether (sulfide) groups is 1. The molecule has 0 saturated carbocycles. The van der Waals surface area contributed by atoms with Crippen molar-refractivity contribution in [3.05, 3.63) is 60.3 Å². The summed E-state index contributed by atoms with van der Waals surface area (Å²) in [5.74, 6) is -2.27. The zero-order chi connectivity index (χ0) is 15.1. The highest BCUT2D eigenvalue weighted by Gasteiger charge is 2.04. The third kappa shape index (κ3) is 5.35. The van der Waals surface area contributed by atoms with Crippen LogP contribution in [0.5, 0.6) is 0 Å². The summed E-state index contributed by atoms with van der Waals surface area (Å²) in [7, 11) is 0. The van der Waals surface area contributed by atoms with Gasteiger partial charge in [-0.2, -0.15) is 8.78 Å². The Morgan fingerprint density at radius 3 is 2.57 bits per heavy atom. The number of pyridine rings is 1. The van der Waals surface area contributed by atoms with Crippen molar-refractivity contribution in [1.82, 2.24) is 4.98 Å². The fourth-order valence-electron chi connectivity index (χ4n) is 1.54. The number of benzene rings is 1. The van der Waals surface area contributed by atoms with E-state index in [1.54, 1.807) is 54.7 Å². The molecular weight excluding hydrogens is 294 g/mol. The average molecular weight is 306 g/mol. The molecule has 0 spiro atoms. The number of carbonyl (C=O) groups excluding carboxylic acids is 1. The van der Waals surface area contributed by atoms with Gasteiger partial charge in [-0.25, -0.2) is 4.98 Å². The van der Waals surface area contributed by atoms with E-state index in [0.29, 0.717) is 22.5 Å². The van der Waals surface area contributed by atoms with Gasteiger partial charge in [0.1, 0.15) is 5.82 Å². The molecule has 6 heteroatoms.